The summed E-state index contributed by atoms with van der Waals surface area (Å²) >= 11 is 7.46. The van der Waals surface area contributed by atoms with Gasteiger partial charge in [0, 0.05) is 16.3 Å². The van der Waals surface area contributed by atoms with Crippen LogP contribution in [0, 0.1) is 6.92 Å². The standard InChI is InChI=1S/C25H21ClN2O2S/c1-16-7-13-20(14-8-16)28-23(29)17(2)31-25(28)21-5-3-4-6-22(21)27(24(25)30)15-18-9-11-19(26)12-10-18/h3-14,17H,15H2,1-2H3/t17-,25+/m1/s1. The molecule has 31 heavy (non-hydrogen) atoms. The largest absolute Gasteiger partial charge is 0.304 e. The van der Waals surface area contributed by atoms with Crippen LogP contribution in [0.2, 0.25) is 5.02 Å². The van der Waals surface area contributed by atoms with Crippen molar-refractivity contribution >= 4 is 46.6 Å². The lowest BCUT2D eigenvalue weighted by atomic mass is 10.0. The van der Waals surface area contributed by atoms with Crippen LogP contribution in [-0.2, 0) is 21.0 Å². The van der Waals surface area contributed by atoms with Crippen LogP contribution in [0.1, 0.15) is 23.6 Å². The number of fused-ring (bicyclic) bond motifs is 2. The minimum absolute atomic E-state index is 0.0506. The van der Waals surface area contributed by atoms with Gasteiger partial charge in [0.05, 0.1) is 17.5 Å². The Balaban J connectivity index is 1.65. The van der Waals surface area contributed by atoms with E-state index in [-0.39, 0.29) is 17.1 Å². The van der Waals surface area contributed by atoms with Crippen LogP contribution >= 0.6 is 23.4 Å². The first-order valence-electron chi connectivity index (χ1n) is 10.2. The fraction of sp³-hybridized carbons (Fsp3) is 0.200. The van der Waals surface area contributed by atoms with Gasteiger partial charge in [0.1, 0.15) is 0 Å². The molecular formula is C25H21ClN2O2S. The van der Waals surface area contributed by atoms with Crippen molar-refractivity contribution in [1.82, 2.24) is 0 Å². The van der Waals surface area contributed by atoms with Gasteiger partial charge in [-0.05, 0) is 49.7 Å². The summed E-state index contributed by atoms with van der Waals surface area (Å²) in [5.41, 5.74) is 4.52. The molecule has 2 heterocycles. The number of benzene rings is 3. The molecule has 1 spiro atoms. The molecule has 0 aliphatic carbocycles. The second-order valence-corrected chi connectivity index (χ2v) is 9.92. The van der Waals surface area contributed by atoms with Crippen molar-refractivity contribution in [1.29, 1.82) is 0 Å². The Morgan fingerprint density at radius 2 is 1.65 bits per heavy atom. The molecule has 1 saturated heterocycles. The Morgan fingerprint density at radius 3 is 2.35 bits per heavy atom. The highest BCUT2D eigenvalue weighted by Gasteiger charge is 2.63. The van der Waals surface area contributed by atoms with Crippen molar-refractivity contribution < 1.29 is 9.59 Å². The van der Waals surface area contributed by atoms with E-state index in [4.69, 9.17) is 11.6 Å². The van der Waals surface area contributed by atoms with Crippen LogP contribution in [0.15, 0.2) is 72.8 Å². The van der Waals surface area contributed by atoms with E-state index in [1.54, 1.807) is 9.80 Å². The number of carbonyl (C=O) groups is 2. The molecule has 0 aromatic heterocycles. The zero-order chi connectivity index (χ0) is 21.8. The van der Waals surface area contributed by atoms with E-state index in [2.05, 4.69) is 0 Å². The Bertz CT molecular complexity index is 1180. The number of rotatable bonds is 3. The molecule has 2 aliphatic heterocycles. The Morgan fingerprint density at radius 1 is 0.968 bits per heavy atom. The second kappa shape index (κ2) is 7.43. The van der Waals surface area contributed by atoms with E-state index in [9.17, 15) is 9.59 Å². The number of para-hydroxylation sites is 1. The molecule has 5 rings (SSSR count). The molecule has 0 saturated carbocycles. The average molecular weight is 449 g/mol. The van der Waals surface area contributed by atoms with E-state index >= 15 is 0 Å². The quantitative estimate of drug-likeness (QED) is 0.530. The average Bonchev–Trinajstić information content (AvgIpc) is 3.17. The van der Waals surface area contributed by atoms with E-state index in [1.165, 1.54) is 11.8 Å². The molecular weight excluding hydrogens is 428 g/mol. The number of aryl methyl sites for hydroxylation is 1. The first-order valence-corrected chi connectivity index (χ1v) is 11.4. The molecule has 6 heteroatoms. The van der Waals surface area contributed by atoms with E-state index in [1.807, 2.05) is 86.6 Å². The molecule has 0 bridgehead atoms. The first kappa shape index (κ1) is 20.2. The van der Waals surface area contributed by atoms with E-state index in [0.29, 0.717) is 11.6 Å². The highest BCUT2D eigenvalue weighted by Crippen LogP contribution is 2.58. The summed E-state index contributed by atoms with van der Waals surface area (Å²) in [6, 6.07) is 23.1. The Kier molecular flexibility index (Phi) is 4.83. The van der Waals surface area contributed by atoms with Crippen LogP contribution in [-0.4, -0.2) is 17.1 Å². The van der Waals surface area contributed by atoms with Crippen molar-refractivity contribution in [2.45, 2.75) is 30.5 Å². The number of halogens is 1. The molecule has 4 nitrogen and oxygen atoms in total. The van der Waals surface area contributed by atoms with Crippen molar-refractivity contribution in [3.63, 3.8) is 0 Å². The van der Waals surface area contributed by atoms with Crippen LogP contribution in [0.3, 0.4) is 0 Å². The van der Waals surface area contributed by atoms with Crippen LogP contribution in [0.25, 0.3) is 0 Å². The van der Waals surface area contributed by atoms with Gasteiger partial charge in [-0.25, -0.2) is 0 Å². The number of anilines is 2. The van der Waals surface area contributed by atoms with Crippen molar-refractivity contribution in [3.8, 4) is 0 Å². The predicted octanol–water partition coefficient (Wildman–Crippen LogP) is 5.52. The van der Waals surface area contributed by atoms with Gasteiger partial charge < -0.3 is 4.90 Å². The van der Waals surface area contributed by atoms with Crippen molar-refractivity contribution in [3.05, 3.63) is 94.5 Å². The molecule has 3 aromatic rings. The fourth-order valence-corrected chi connectivity index (χ4v) is 6.02. The molecule has 2 amide bonds. The number of hydrogen-bond acceptors (Lipinski definition) is 3. The van der Waals surface area contributed by atoms with Gasteiger partial charge in [-0.1, -0.05) is 59.6 Å². The Hall–Kier alpha value is -2.76. The third-order valence-corrected chi connectivity index (χ3v) is 7.60. The number of nitrogens with zero attached hydrogens (tertiary/aromatic N) is 2. The molecule has 1 fully saturated rings. The van der Waals surface area contributed by atoms with Gasteiger partial charge in [0.25, 0.3) is 5.91 Å². The van der Waals surface area contributed by atoms with Gasteiger partial charge >= 0.3 is 0 Å². The molecule has 0 unspecified atom stereocenters. The third-order valence-electron chi connectivity index (χ3n) is 5.87. The monoisotopic (exact) mass is 448 g/mol. The third kappa shape index (κ3) is 3.07. The van der Waals surface area contributed by atoms with Gasteiger partial charge in [-0.15, -0.1) is 11.8 Å². The molecule has 2 aliphatic rings. The molecule has 156 valence electrons. The predicted molar refractivity (Wildman–Crippen MR) is 126 cm³/mol. The zero-order valence-corrected chi connectivity index (χ0v) is 18.8. The lowest BCUT2D eigenvalue weighted by Crippen LogP contribution is -2.49. The van der Waals surface area contributed by atoms with Crippen LogP contribution in [0.4, 0.5) is 11.4 Å². The van der Waals surface area contributed by atoms with Crippen molar-refractivity contribution in [2.24, 2.45) is 0 Å². The minimum Gasteiger partial charge on any atom is -0.304 e. The van der Waals surface area contributed by atoms with Crippen LogP contribution < -0.4 is 9.80 Å². The fourth-order valence-electron chi connectivity index (χ4n) is 4.36. The summed E-state index contributed by atoms with van der Waals surface area (Å²) in [4.78, 5) is 29.8. The maximum Gasteiger partial charge on any atom is 0.269 e. The van der Waals surface area contributed by atoms with Gasteiger partial charge in [-0.2, -0.15) is 0 Å². The lowest BCUT2D eigenvalue weighted by Gasteiger charge is -2.33. The normalized spacial score (nSPS) is 22.5. The molecule has 3 aromatic carbocycles. The van der Waals surface area contributed by atoms with Gasteiger partial charge in [0.15, 0.2) is 0 Å². The summed E-state index contributed by atoms with van der Waals surface area (Å²) < 4.78 is 0. The number of hydrogen-bond donors (Lipinski definition) is 0. The lowest BCUT2D eigenvalue weighted by molar-refractivity contribution is -0.124. The van der Waals surface area contributed by atoms with E-state index < -0.39 is 4.87 Å². The Labute approximate surface area is 190 Å². The van der Waals surface area contributed by atoms with E-state index in [0.717, 1.165) is 28.1 Å². The molecule has 0 N–H and O–H groups in total. The highest BCUT2D eigenvalue weighted by molar-refractivity contribution is 8.03. The summed E-state index contributed by atoms with van der Waals surface area (Å²) in [6.07, 6.45) is 0. The number of amides is 2. The molecule has 2 atom stereocenters. The van der Waals surface area contributed by atoms with Crippen LogP contribution in [0.5, 0.6) is 0 Å². The summed E-state index contributed by atoms with van der Waals surface area (Å²) in [5.74, 6) is -0.141. The molecule has 0 radical (unpaired) electrons. The highest BCUT2D eigenvalue weighted by atomic mass is 35.5. The number of carbonyl (C=O) groups excluding carboxylic acids is 2. The van der Waals surface area contributed by atoms with Gasteiger partial charge in [0.2, 0.25) is 10.8 Å². The summed E-state index contributed by atoms with van der Waals surface area (Å²) in [5, 5.41) is 0.332. The summed E-state index contributed by atoms with van der Waals surface area (Å²) in [6.45, 7) is 4.30. The maximum absolute atomic E-state index is 14.1. The minimum atomic E-state index is -1.10. The zero-order valence-electron chi connectivity index (χ0n) is 17.2. The van der Waals surface area contributed by atoms with Gasteiger partial charge in [-0.3, -0.25) is 14.5 Å². The number of thioether (sulfide) groups is 1. The second-order valence-electron chi connectivity index (χ2n) is 7.95. The topological polar surface area (TPSA) is 40.6 Å². The first-order chi connectivity index (χ1) is 14.9. The smallest absolute Gasteiger partial charge is 0.269 e. The maximum atomic E-state index is 14.1. The van der Waals surface area contributed by atoms with Crippen molar-refractivity contribution in [2.75, 3.05) is 9.80 Å². The summed E-state index contributed by atoms with van der Waals surface area (Å²) in [7, 11) is 0. The SMILES string of the molecule is Cc1ccc(N2C(=O)[C@@H](C)S[C@@]23C(=O)N(Cc2ccc(Cl)cc2)c2ccccc23)cc1.